The van der Waals surface area contributed by atoms with Crippen LogP contribution in [0, 0.1) is 5.41 Å². The number of rotatable bonds is 5. The minimum absolute atomic E-state index is 0.114. The molecule has 1 saturated carbocycles. The molecule has 114 valence electrons. The summed E-state index contributed by atoms with van der Waals surface area (Å²) in [6, 6.07) is 7.57. The van der Waals surface area contributed by atoms with Gasteiger partial charge < -0.3 is 10.8 Å². The van der Waals surface area contributed by atoms with E-state index >= 15 is 0 Å². The summed E-state index contributed by atoms with van der Waals surface area (Å²) in [7, 11) is 0. The van der Waals surface area contributed by atoms with Gasteiger partial charge in [-0.2, -0.15) is 0 Å². The van der Waals surface area contributed by atoms with E-state index in [0.29, 0.717) is 12.0 Å². The molecule has 1 fully saturated rings. The molecule has 0 radical (unpaired) electrons. The number of aryl methyl sites for hydroxylation is 1. The van der Waals surface area contributed by atoms with Crippen molar-refractivity contribution in [1.29, 1.82) is 0 Å². The number of carboxylic acid groups (broad SMARTS) is 1. The minimum atomic E-state index is -0.804. The second-order valence-electron chi connectivity index (χ2n) is 6.32. The van der Waals surface area contributed by atoms with Crippen LogP contribution in [0.25, 0.3) is 0 Å². The second-order valence-corrected chi connectivity index (χ2v) is 6.32. The Balaban J connectivity index is 2.04. The normalized spacial score (nSPS) is 25.5. The Morgan fingerprint density at radius 2 is 1.81 bits per heavy atom. The summed E-state index contributed by atoms with van der Waals surface area (Å²) in [5.41, 5.74) is 7.27. The summed E-state index contributed by atoms with van der Waals surface area (Å²) in [6.07, 6.45) is 4.10. The van der Waals surface area contributed by atoms with Crippen LogP contribution in [0.3, 0.4) is 0 Å². The van der Waals surface area contributed by atoms with E-state index in [0.717, 1.165) is 31.2 Å². The Morgan fingerprint density at radius 1 is 1.24 bits per heavy atom. The van der Waals surface area contributed by atoms with Gasteiger partial charge in [0.25, 0.3) is 0 Å². The Hall–Kier alpha value is -1.68. The van der Waals surface area contributed by atoms with Crippen LogP contribution >= 0.6 is 0 Å². The van der Waals surface area contributed by atoms with Crippen molar-refractivity contribution in [2.75, 3.05) is 0 Å². The zero-order chi connectivity index (χ0) is 15.5. The van der Waals surface area contributed by atoms with E-state index in [-0.39, 0.29) is 23.7 Å². The Kier molecular flexibility index (Phi) is 4.78. The van der Waals surface area contributed by atoms with Crippen LogP contribution in [0.4, 0.5) is 0 Å². The van der Waals surface area contributed by atoms with Crippen molar-refractivity contribution in [2.24, 2.45) is 11.1 Å². The molecule has 1 aromatic rings. The number of hydrogen-bond donors (Lipinski definition) is 2. The Bertz CT molecular complexity index is 513. The van der Waals surface area contributed by atoms with Gasteiger partial charge in [-0.25, -0.2) is 0 Å². The smallest absolute Gasteiger partial charge is 0.303 e. The van der Waals surface area contributed by atoms with E-state index < -0.39 is 5.97 Å². The molecule has 2 rings (SSSR count). The van der Waals surface area contributed by atoms with Gasteiger partial charge in [-0.3, -0.25) is 9.59 Å². The number of ketones is 1. The van der Waals surface area contributed by atoms with E-state index in [1.54, 1.807) is 0 Å². The highest BCUT2D eigenvalue weighted by atomic mass is 16.4. The van der Waals surface area contributed by atoms with E-state index in [1.807, 2.05) is 31.2 Å². The van der Waals surface area contributed by atoms with Gasteiger partial charge in [0.1, 0.15) is 0 Å². The first kappa shape index (κ1) is 15.7. The number of nitrogens with two attached hydrogens (primary N) is 1. The van der Waals surface area contributed by atoms with Gasteiger partial charge in [-0.1, -0.05) is 31.2 Å². The SMILES string of the molecule is CC1(C(=O)c2ccc(CCC(=O)O)cc2)CCC(N)CC1. The Labute approximate surface area is 125 Å². The molecule has 4 heteroatoms. The quantitative estimate of drug-likeness (QED) is 0.817. The van der Waals surface area contributed by atoms with Gasteiger partial charge in [-0.05, 0) is 37.7 Å². The minimum Gasteiger partial charge on any atom is -0.481 e. The fourth-order valence-electron chi connectivity index (χ4n) is 2.93. The third-order valence-electron chi connectivity index (χ3n) is 4.53. The fraction of sp³-hybridized carbons (Fsp3) is 0.529. The molecular weight excluding hydrogens is 266 g/mol. The fourth-order valence-corrected chi connectivity index (χ4v) is 2.93. The zero-order valence-electron chi connectivity index (χ0n) is 12.5. The summed E-state index contributed by atoms with van der Waals surface area (Å²) >= 11 is 0. The molecule has 3 N–H and O–H groups in total. The summed E-state index contributed by atoms with van der Waals surface area (Å²) in [6.45, 7) is 2.03. The molecule has 0 unspecified atom stereocenters. The predicted octanol–water partition coefficient (Wildman–Crippen LogP) is 2.79. The molecule has 0 amide bonds. The van der Waals surface area contributed by atoms with Crippen molar-refractivity contribution >= 4 is 11.8 Å². The molecule has 0 saturated heterocycles. The van der Waals surface area contributed by atoms with Gasteiger partial charge >= 0.3 is 5.97 Å². The molecule has 4 nitrogen and oxygen atoms in total. The van der Waals surface area contributed by atoms with Gasteiger partial charge in [0.2, 0.25) is 0 Å². The lowest BCUT2D eigenvalue weighted by Crippen LogP contribution is -2.37. The van der Waals surface area contributed by atoms with Crippen molar-refractivity contribution in [3.05, 3.63) is 35.4 Å². The number of carboxylic acids is 1. The first-order valence-corrected chi connectivity index (χ1v) is 7.52. The molecule has 0 heterocycles. The number of carbonyl (C=O) groups is 2. The topological polar surface area (TPSA) is 80.4 Å². The molecule has 1 aliphatic rings. The van der Waals surface area contributed by atoms with E-state index in [1.165, 1.54) is 0 Å². The van der Waals surface area contributed by atoms with Crippen LogP contribution in [-0.2, 0) is 11.2 Å². The lowest BCUT2D eigenvalue weighted by Gasteiger charge is -2.34. The number of benzene rings is 1. The van der Waals surface area contributed by atoms with Crippen LogP contribution in [0.5, 0.6) is 0 Å². The van der Waals surface area contributed by atoms with Gasteiger partial charge in [0, 0.05) is 23.4 Å². The largest absolute Gasteiger partial charge is 0.481 e. The van der Waals surface area contributed by atoms with Crippen LogP contribution in [0.1, 0.15) is 54.9 Å². The number of aliphatic carboxylic acids is 1. The lowest BCUT2D eigenvalue weighted by molar-refractivity contribution is -0.136. The van der Waals surface area contributed by atoms with Crippen molar-refractivity contribution in [3.63, 3.8) is 0 Å². The number of Topliss-reactive ketones (excluding diaryl/α,β-unsaturated/α-hetero) is 1. The van der Waals surface area contributed by atoms with Gasteiger partial charge in [0.15, 0.2) is 5.78 Å². The number of carbonyl (C=O) groups excluding carboxylic acids is 1. The molecule has 0 bridgehead atoms. The molecular formula is C17H23NO3. The molecule has 1 aliphatic carbocycles. The van der Waals surface area contributed by atoms with Crippen molar-refractivity contribution < 1.29 is 14.7 Å². The van der Waals surface area contributed by atoms with Crippen LogP contribution in [-0.4, -0.2) is 22.9 Å². The van der Waals surface area contributed by atoms with Gasteiger partial charge in [-0.15, -0.1) is 0 Å². The van der Waals surface area contributed by atoms with E-state index in [4.69, 9.17) is 10.8 Å². The van der Waals surface area contributed by atoms with Crippen LogP contribution in [0.15, 0.2) is 24.3 Å². The molecule has 21 heavy (non-hydrogen) atoms. The summed E-state index contributed by atoms with van der Waals surface area (Å²) in [5, 5.41) is 8.68. The monoisotopic (exact) mass is 289 g/mol. The summed E-state index contributed by atoms with van der Waals surface area (Å²) in [5.74, 6) is -0.625. The average molecular weight is 289 g/mol. The third-order valence-corrected chi connectivity index (χ3v) is 4.53. The first-order chi connectivity index (χ1) is 9.90. The van der Waals surface area contributed by atoms with Crippen molar-refractivity contribution in [2.45, 2.75) is 51.5 Å². The van der Waals surface area contributed by atoms with Crippen LogP contribution in [0.2, 0.25) is 0 Å². The Morgan fingerprint density at radius 3 is 2.33 bits per heavy atom. The summed E-state index contributed by atoms with van der Waals surface area (Å²) in [4.78, 5) is 23.2. The molecule has 0 aromatic heterocycles. The summed E-state index contributed by atoms with van der Waals surface area (Å²) < 4.78 is 0. The van der Waals surface area contributed by atoms with Crippen LogP contribution < -0.4 is 5.73 Å². The van der Waals surface area contributed by atoms with Crippen molar-refractivity contribution in [3.8, 4) is 0 Å². The molecule has 0 atom stereocenters. The first-order valence-electron chi connectivity index (χ1n) is 7.52. The molecule has 1 aromatic carbocycles. The maximum absolute atomic E-state index is 12.7. The highest BCUT2D eigenvalue weighted by molar-refractivity contribution is 6.00. The zero-order valence-corrected chi connectivity index (χ0v) is 12.5. The highest BCUT2D eigenvalue weighted by Crippen LogP contribution is 2.38. The molecule has 0 spiro atoms. The lowest BCUT2D eigenvalue weighted by atomic mass is 9.70. The van der Waals surface area contributed by atoms with Crippen molar-refractivity contribution in [1.82, 2.24) is 0 Å². The second kappa shape index (κ2) is 6.39. The van der Waals surface area contributed by atoms with Gasteiger partial charge in [0.05, 0.1) is 0 Å². The highest BCUT2D eigenvalue weighted by Gasteiger charge is 2.36. The van der Waals surface area contributed by atoms with E-state index in [2.05, 4.69) is 0 Å². The maximum Gasteiger partial charge on any atom is 0.303 e. The standard InChI is InChI=1S/C17H23NO3/c1-17(10-8-14(18)9-11-17)16(21)13-5-2-12(3-6-13)4-7-15(19)20/h2-3,5-6,14H,4,7-11,18H2,1H3,(H,19,20). The number of hydrogen-bond acceptors (Lipinski definition) is 3. The maximum atomic E-state index is 12.7. The molecule has 0 aliphatic heterocycles. The van der Waals surface area contributed by atoms with E-state index in [9.17, 15) is 9.59 Å². The average Bonchev–Trinajstić information content (AvgIpc) is 2.48. The predicted molar refractivity (Wildman–Crippen MR) is 81.3 cm³/mol. The third kappa shape index (κ3) is 3.91.